The monoisotopic (exact) mass is 828 g/mol. The van der Waals surface area contributed by atoms with Crippen molar-refractivity contribution in [3.8, 4) is 0 Å². The van der Waals surface area contributed by atoms with Crippen LogP contribution in [0.4, 0.5) is 0 Å². The molecule has 5 aliphatic rings. The van der Waals surface area contributed by atoms with Crippen molar-refractivity contribution in [3.05, 3.63) is 0 Å². The average Bonchev–Trinajstić information content (AvgIpc) is 3.18. The van der Waals surface area contributed by atoms with Gasteiger partial charge >= 0.3 is 0 Å². The molecule has 0 aromatic heterocycles. The van der Waals surface area contributed by atoms with Gasteiger partial charge in [0, 0.05) is 0 Å². The summed E-state index contributed by atoms with van der Waals surface area (Å²) in [4.78, 5) is 0. The zero-order valence-corrected chi connectivity index (χ0v) is 29.2. The first-order valence-electron chi connectivity index (χ1n) is 17.6. The zero-order valence-electron chi connectivity index (χ0n) is 29.2. The van der Waals surface area contributed by atoms with E-state index in [-0.39, 0.29) is 0 Å². The molecule has 5 rings (SSSR count). The van der Waals surface area contributed by atoms with Crippen molar-refractivity contribution >= 4 is 0 Å². The van der Waals surface area contributed by atoms with Crippen LogP contribution in [0.3, 0.4) is 0 Å². The third-order valence-electron chi connectivity index (χ3n) is 10.3. The second-order valence-corrected chi connectivity index (χ2v) is 14.0. The number of ether oxygens (including phenoxy) is 9. The molecule has 5 aliphatic heterocycles. The van der Waals surface area contributed by atoms with Crippen LogP contribution >= 0.6 is 0 Å². The van der Waals surface area contributed by atoms with Gasteiger partial charge in [-0.1, -0.05) is 0 Å². The summed E-state index contributed by atoms with van der Waals surface area (Å²) >= 11 is 0. The number of aliphatic hydroxyl groups is 17. The molecule has 0 amide bonds. The predicted octanol–water partition coefficient (Wildman–Crippen LogP) is -11.9. The minimum atomic E-state index is -2.11. The number of rotatable bonds is 13. The normalized spacial score (nSPS) is 53.2. The van der Waals surface area contributed by atoms with Crippen LogP contribution in [-0.2, 0) is 42.6 Å². The summed E-state index contributed by atoms with van der Waals surface area (Å²) in [6, 6.07) is 0. The van der Waals surface area contributed by atoms with Gasteiger partial charge in [0.1, 0.15) is 122 Å². The van der Waals surface area contributed by atoms with Gasteiger partial charge in [0.25, 0.3) is 0 Å². The van der Waals surface area contributed by atoms with E-state index in [1.165, 1.54) is 0 Å². The lowest BCUT2D eigenvalue weighted by atomic mass is 9.96. The molecule has 26 nitrogen and oxygen atoms in total. The molecule has 5 fully saturated rings. The van der Waals surface area contributed by atoms with Crippen molar-refractivity contribution < 1.29 is 129 Å². The highest BCUT2D eigenvalue weighted by molar-refractivity contribution is 4.98. The molecule has 0 spiro atoms. The summed E-state index contributed by atoms with van der Waals surface area (Å²) < 4.78 is 49.1. The number of hydrogen-bond acceptors (Lipinski definition) is 26. The molecule has 26 heteroatoms. The predicted molar refractivity (Wildman–Crippen MR) is 167 cm³/mol. The molecule has 0 unspecified atom stereocenters. The van der Waals surface area contributed by atoms with Gasteiger partial charge in [-0.2, -0.15) is 0 Å². The van der Waals surface area contributed by atoms with Gasteiger partial charge < -0.3 is 129 Å². The molecular weight excluding hydrogens is 776 g/mol. The first-order chi connectivity index (χ1) is 26.5. The summed E-state index contributed by atoms with van der Waals surface area (Å²) in [5, 5.41) is 176. The maximum atomic E-state index is 11.2. The quantitative estimate of drug-likeness (QED) is 0.0819. The van der Waals surface area contributed by atoms with Crippen LogP contribution in [0.2, 0.25) is 0 Å². The Morgan fingerprint density at radius 2 is 0.661 bits per heavy atom. The Hall–Kier alpha value is -1.04. The van der Waals surface area contributed by atoms with Crippen LogP contribution in [-0.4, -0.2) is 273 Å². The van der Waals surface area contributed by atoms with Gasteiger partial charge in [0.2, 0.25) is 0 Å². The van der Waals surface area contributed by atoms with Crippen LogP contribution in [0.15, 0.2) is 0 Å². The maximum absolute atomic E-state index is 11.2. The van der Waals surface area contributed by atoms with Crippen molar-refractivity contribution in [2.24, 2.45) is 0 Å². The Balaban J connectivity index is 1.30. The summed E-state index contributed by atoms with van der Waals surface area (Å²) in [7, 11) is 0. The molecule has 0 bridgehead atoms. The van der Waals surface area contributed by atoms with Crippen molar-refractivity contribution in [3.63, 3.8) is 0 Å². The fraction of sp³-hybridized carbons (Fsp3) is 1.00. The van der Waals surface area contributed by atoms with Crippen LogP contribution in [0.1, 0.15) is 0 Å². The van der Waals surface area contributed by atoms with E-state index in [9.17, 15) is 86.8 Å². The van der Waals surface area contributed by atoms with Crippen LogP contribution in [0, 0.1) is 0 Å². The fourth-order valence-corrected chi connectivity index (χ4v) is 6.89. The highest BCUT2D eigenvalue weighted by Crippen LogP contribution is 2.34. The smallest absolute Gasteiger partial charge is 0.187 e. The summed E-state index contributed by atoms with van der Waals surface area (Å²) in [6.45, 7) is -4.34. The second-order valence-electron chi connectivity index (χ2n) is 14.0. The zero-order chi connectivity index (χ0) is 41.3. The fourth-order valence-electron chi connectivity index (χ4n) is 6.89. The van der Waals surface area contributed by atoms with E-state index in [1.807, 2.05) is 0 Å². The van der Waals surface area contributed by atoms with E-state index in [0.717, 1.165) is 0 Å². The van der Waals surface area contributed by atoms with Gasteiger partial charge in [-0.3, -0.25) is 0 Å². The van der Waals surface area contributed by atoms with Crippen LogP contribution < -0.4 is 0 Å². The number of hydrogen-bond donors (Lipinski definition) is 17. The minimum Gasteiger partial charge on any atom is -0.394 e. The third-order valence-corrected chi connectivity index (χ3v) is 10.3. The lowest BCUT2D eigenvalue weighted by Gasteiger charge is -2.48. The first-order valence-corrected chi connectivity index (χ1v) is 17.6. The van der Waals surface area contributed by atoms with E-state index in [1.54, 1.807) is 0 Å². The van der Waals surface area contributed by atoms with Crippen molar-refractivity contribution in [2.75, 3.05) is 33.0 Å². The molecule has 0 aliphatic carbocycles. The molecular formula is C30H52O26. The third kappa shape index (κ3) is 9.31. The second kappa shape index (κ2) is 19.6. The molecule has 5 saturated heterocycles. The van der Waals surface area contributed by atoms with Crippen molar-refractivity contribution in [1.29, 1.82) is 0 Å². The lowest BCUT2D eigenvalue weighted by molar-refractivity contribution is -0.385. The maximum Gasteiger partial charge on any atom is 0.187 e. The van der Waals surface area contributed by atoms with Gasteiger partial charge in [-0.25, -0.2) is 0 Å². The van der Waals surface area contributed by atoms with Gasteiger partial charge in [0.15, 0.2) is 31.5 Å². The molecule has 0 aromatic carbocycles. The van der Waals surface area contributed by atoms with E-state index < -0.39 is 187 Å². The topological polar surface area (TPSA) is 427 Å². The minimum absolute atomic E-state index is 0.831. The Morgan fingerprint density at radius 3 is 1.16 bits per heavy atom. The molecule has 0 aromatic rings. The van der Waals surface area contributed by atoms with Gasteiger partial charge in [0.05, 0.1) is 33.0 Å². The van der Waals surface area contributed by atoms with Crippen LogP contribution in [0.5, 0.6) is 0 Å². The van der Waals surface area contributed by atoms with Crippen LogP contribution in [0.25, 0.3) is 0 Å². The lowest BCUT2D eigenvalue weighted by Crippen LogP contribution is -2.67. The molecule has 56 heavy (non-hydrogen) atoms. The highest BCUT2D eigenvalue weighted by Gasteiger charge is 2.55. The highest BCUT2D eigenvalue weighted by atomic mass is 16.8. The first kappa shape index (κ1) is 46.0. The van der Waals surface area contributed by atoms with Gasteiger partial charge in [-0.15, -0.1) is 0 Å². The standard InChI is InChI=1S/C30H52O26/c31-1-6-11(35)16(40)19(43)27(50-6)56-25-18(42)12(36)7(2-32)52-30(25)48-5-10-13(37)17(41)20(44)28(53-10)55-24-15(39)9(4-34)51-29(22(24)46)54-23-14(38)8(3-33)49-26(47)21(23)45/h6-47H,1-5H2/t6-,7-,8-,9-,10-,11-,12-,13-,14-,15-,16+,17+,18+,19+,20+,21+,22+,23+,24+,25+,26+,27-,28-,29-,30+/m1/s1. The summed E-state index contributed by atoms with van der Waals surface area (Å²) in [5.41, 5.74) is 0. The van der Waals surface area contributed by atoms with Crippen molar-refractivity contribution in [2.45, 2.75) is 154 Å². The molecule has 0 saturated carbocycles. The van der Waals surface area contributed by atoms with E-state index in [4.69, 9.17) is 42.6 Å². The van der Waals surface area contributed by atoms with E-state index in [2.05, 4.69) is 0 Å². The van der Waals surface area contributed by atoms with Crippen molar-refractivity contribution in [1.82, 2.24) is 0 Å². The Labute approximate surface area is 316 Å². The Bertz CT molecular complexity index is 1210. The Morgan fingerprint density at radius 1 is 0.304 bits per heavy atom. The summed E-state index contributed by atoms with van der Waals surface area (Å²) in [6.07, 6.45) is -46.4. The molecule has 25 atom stereocenters. The van der Waals surface area contributed by atoms with E-state index in [0.29, 0.717) is 0 Å². The molecule has 5 heterocycles. The Kier molecular flexibility index (Phi) is 16.1. The molecule has 17 N–H and O–H groups in total. The van der Waals surface area contributed by atoms with Gasteiger partial charge in [-0.05, 0) is 0 Å². The molecule has 328 valence electrons. The number of aliphatic hydroxyl groups excluding tert-OH is 17. The molecule has 0 radical (unpaired) electrons. The average molecular weight is 829 g/mol. The van der Waals surface area contributed by atoms with E-state index >= 15 is 0 Å². The SMILES string of the molecule is OC[C@H]1O[C@H](O[C@@H]2[C@@H](OC[C@H]3O[C@H](O[C@@H]4[C@H](O)[C@@H](O[C@@H]5[C@H](O)[C@@H](O)O[C@H](CO)[C@H]5O)O[C@H](CO)[C@H]4O)[C@@H](O)[C@@H](O)[C@@H]3O)O[C@H](CO)[C@@H](O)[C@@H]2O)[C@@H](O)[C@@H](O)[C@@H]1O. The summed E-state index contributed by atoms with van der Waals surface area (Å²) in [5.74, 6) is 0. The largest absolute Gasteiger partial charge is 0.394 e.